The average Bonchev–Trinajstić information content (AvgIpc) is 2.35. The number of carboxylic acids is 1. The highest BCUT2D eigenvalue weighted by Crippen LogP contribution is 2.34. The summed E-state index contributed by atoms with van der Waals surface area (Å²) in [5.41, 5.74) is -1.50. The molecule has 0 radical (unpaired) electrons. The molecule has 0 unspecified atom stereocenters. The molecule has 1 aromatic carbocycles. The van der Waals surface area contributed by atoms with Crippen LogP contribution < -0.4 is 10.6 Å². The van der Waals surface area contributed by atoms with Gasteiger partial charge in [-0.3, -0.25) is 0 Å². The average molecular weight is 292 g/mol. The number of hydrogen-bond acceptors (Lipinski definition) is 3. The Hall–Kier alpha value is -2.29. The van der Waals surface area contributed by atoms with Crippen LogP contribution in [0.5, 0.6) is 0 Å². The van der Waals surface area contributed by atoms with E-state index in [0.717, 1.165) is 12.1 Å². The maximum atomic E-state index is 12.6. The van der Waals surface area contributed by atoms with Gasteiger partial charge in [-0.2, -0.15) is 13.2 Å². The fourth-order valence-corrected chi connectivity index (χ4v) is 1.28. The number of aliphatic carboxylic acids is 1. The minimum absolute atomic E-state index is 0.470. The molecule has 1 atom stereocenters. The van der Waals surface area contributed by atoms with Gasteiger partial charge in [-0.25, -0.2) is 9.59 Å². The lowest BCUT2D eigenvalue weighted by Crippen LogP contribution is -2.39. The molecule has 4 N–H and O–H groups in total. The molecule has 9 heteroatoms. The Morgan fingerprint density at radius 1 is 1.25 bits per heavy atom. The predicted molar refractivity (Wildman–Crippen MR) is 62.1 cm³/mol. The number of carbonyl (C=O) groups excluding carboxylic acids is 1. The fourth-order valence-electron chi connectivity index (χ4n) is 1.28. The SMILES string of the molecule is O=C(NC[C@H](O)C(=O)O)Nc1ccccc1C(F)(F)F. The Bertz CT molecular complexity index is 505. The molecular formula is C11H11F3N2O4. The second-order valence-corrected chi connectivity index (χ2v) is 3.73. The molecule has 0 heterocycles. The highest BCUT2D eigenvalue weighted by Gasteiger charge is 2.33. The minimum Gasteiger partial charge on any atom is -0.479 e. The van der Waals surface area contributed by atoms with E-state index in [-0.39, 0.29) is 0 Å². The Morgan fingerprint density at radius 3 is 2.40 bits per heavy atom. The molecule has 1 rings (SSSR count). The second-order valence-electron chi connectivity index (χ2n) is 3.73. The van der Waals surface area contributed by atoms with E-state index in [1.54, 1.807) is 0 Å². The van der Waals surface area contributed by atoms with E-state index in [9.17, 15) is 22.8 Å². The van der Waals surface area contributed by atoms with Gasteiger partial charge in [0, 0.05) is 0 Å². The summed E-state index contributed by atoms with van der Waals surface area (Å²) in [5, 5.41) is 21.1. The van der Waals surface area contributed by atoms with E-state index in [4.69, 9.17) is 10.2 Å². The number of aliphatic hydroxyl groups excluding tert-OH is 1. The maximum absolute atomic E-state index is 12.6. The van der Waals surface area contributed by atoms with Crippen molar-refractivity contribution < 1.29 is 33.0 Å². The Kier molecular flexibility index (Phi) is 4.92. The molecule has 0 spiro atoms. The lowest BCUT2D eigenvalue weighted by molar-refractivity contribution is -0.146. The van der Waals surface area contributed by atoms with E-state index in [1.807, 2.05) is 10.6 Å². The summed E-state index contributed by atoms with van der Waals surface area (Å²) in [6, 6.07) is 3.26. The van der Waals surface area contributed by atoms with Crippen LogP contribution in [0.15, 0.2) is 24.3 Å². The number of anilines is 1. The molecule has 110 valence electrons. The van der Waals surface area contributed by atoms with E-state index in [0.29, 0.717) is 0 Å². The van der Waals surface area contributed by atoms with Gasteiger partial charge in [0.05, 0.1) is 17.8 Å². The summed E-state index contributed by atoms with van der Waals surface area (Å²) >= 11 is 0. The van der Waals surface area contributed by atoms with Gasteiger partial charge in [0.15, 0.2) is 6.10 Å². The first-order chi connectivity index (χ1) is 9.21. The molecule has 0 aliphatic heterocycles. The van der Waals surface area contributed by atoms with E-state index >= 15 is 0 Å². The van der Waals surface area contributed by atoms with Crippen molar-refractivity contribution in [3.05, 3.63) is 29.8 Å². The molecule has 6 nitrogen and oxygen atoms in total. The number of nitrogens with one attached hydrogen (secondary N) is 2. The van der Waals surface area contributed by atoms with Gasteiger partial charge in [-0.05, 0) is 12.1 Å². The predicted octanol–water partition coefficient (Wildman–Crippen LogP) is 1.27. The van der Waals surface area contributed by atoms with Crippen molar-refractivity contribution in [2.24, 2.45) is 0 Å². The van der Waals surface area contributed by atoms with Crippen LogP contribution in [-0.4, -0.2) is 34.9 Å². The van der Waals surface area contributed by atoms with E-state index in [1.165, 1.54) is 12.1 Å². The van der Waals surface area contributed by atoms with Crippen molar-refractivity contribution in [3.63, 3.8) is 0 Å². The Labute approximate surface area is 111 Å². The van der Waals surface area contributed by atoms with Crippen molar-refractivity contribution >= 4 is 17.7 Å². The molecule has 2 amide bonds. The number of alkyl halides is 3. The van der Waals surface area contributed by atoms with Crippen molar-refractivity contribution in [1.29, 1.82) is 0 Å². The first kappa shape index (κ1) is 15.8. The van der Waals surface area contributed by atoms with E-state index in [2.05, 4.69) is 0 Å². The van der Waals surface area contributed by atoms with Crippen LogP contribution in [0, 0.1) is 0 Å². The summed E-state index contributed by atoms with van der Waals surface area (Å²) in [5.74, 6) is -1.55. The summed E-state index contributed by atoms with van der Waals surface area (Å²) in [6.07, 6.45) is -6.47. The number of benzene rings is 1. The molecule has 0 aromatic heterocycles. The number of halogens is 3. The highest BCUT2D eigenvalue weighted by molar-refractivity contribution is 5.90. The Morgan fingerprint density at radius 2 is 1.85 bits per heavy atom. The molecule has 0 saturated carbocycles. The second kappa shape index (κ2) is 6.24. The van der Waals surface area contributed by atoms with Gasteiger partial charge in [0.25, 0.3) is 0 Å². The number of urea groups is 1. The van der Waals surface area contributed by atoms with Gasteiger partial charge in [-0.15, -0.1) is 0 Å². The largest absolute Gasteiger partial charge is 0.479 e. The first-order valence-corrected chi connectivity index (χ1v) is 5.33. The van der Waals surface area contributed by atoms with Crippen LogP contribution >= 0.6 is 0 Å². The first-order valence-electron chi connectivity index (χ1n) is 5.33. The van der Waals surface area contributed by atoms with Crippen molar-refractivity contribution in [2.75, 3.05) is 11.9 Å². The fraction of sp³-hybridized carbons (Fsp3) is 0.273. The van der Waals surface area contributed by atoms with Crippen LogP contribution in [0.1, 0.15) is 5.56 Å². The molecule has 0 aliphatic carbocycles. The zero-order chi connectivity index (χ0) is 15.3. The van der Waals surface area contributed by atoms with Crippen LogP contribution in [0.25, 0.3) is 0 Å². The molecule has 20 heavy (non-hydrogen) atoms. The normalized spacial score (nSPS) is 12.6. The number of rotatable bonds is 4. The monoisotopic (exact) mass is 292 g/mol. The summed E-state index contributed by atoms with van der Waals surface area (Å²) < 4.78 is 37.9. The standard InChI is InChI=1S/C11H11F3N2O4/c12-11(13,14)6-3-1-2-4-7(6)16-10(20)15-5-8(17)9(18)19/h1-4,8,17H,5H2,(H,18,19)(H2,15,16,20)/t8-/m0/s1. The molecular weight excluding hydrogens is 281 g/mol. The number of amides is 2. The zero-order valence-electron chi connectivity index (χ0n) is 9.94. The quantitative estimate of drug-likeness (QED) is 0.671. The summed E-state index contributed by atoms with van der Waals surface area (Å²) in [7, 11) is 0. The summed E-state index contributed by atoms with van der Waals surface area (Å²) in [6.45, 7) is -0.630. The molecule has 0 fully saturated rings. The van der Waals surface area contributed by atoms with Gasteiger partial charge in [-0.1, -0.05) is 12.1 Å². The van der Waals surface area contributed by atoms with Gasteiger partial charge < -0.3 is 20.8 Å². The van der Waals surface area contributed by atoms with Gasteiger partial charge in [0.2, 0.25) is 0 Å². The van der Waals surface area contributed by atoms with Crippen LogP contribution in [0.4, 0.5) is 23.7 Å². The highest BCUT2D eigenvalue weighted by atomic mass is 19.4. The number of aliphatic hydroxyl groups is 1. The Balaban J connectivity index is 2.70. The topological polar surface area (TPSA) is 98.7 Å². The molecule has 0 aliphatic rings. The van der Waals surface area contributed by atoms with Crippen LogP contribution in [0.2, 0.25) is 0 Å². The lowest BCUT2D eigenvalue weighted by atomic mass is 10.1. The van der Waals surface area contributed by atoms with Crippen molar-refractivity contribution in [2.45, 2.75) is 12.3 Å². The molecule has 1 aromatic rings. The van der Waals surface area contributed by atoms with E-state index < -0.39 is 42.1 Å². The van der Waals surface area contributed by atoms with Crippen LogP contribution in [0.3, 0.4) is 0 Å². The van der Waals surface area contributed by atoms with Gasteiger partial charge >= 0.3 is 18.2 Å². The number of para-hydroxylation sites is 1. The summed E-state index contributed by atoms with van der Waals surface area (Å²) in [4.78, 5) is 21.6. The van der Waals surface area contributed by atoms with Crippen molar-refractivity contribution in [3.8, 4) is 0 Å². The number of hydrogen-bond donors (Lipinski definition) is 4. The third-order valence-corrected chi connectivity index (χ3v) is 2.22. The molecule has 0 bridgehead atoms. The smallest absolute Gasteiger partial charge is 0.418 e. The maximum Gasteiger partial charge on any atom is 0.418 e. The number of carboxylic acid groups (broad SMARTS) is 1. The number of carbonyl (C=O) groups is 2. The lowest BCUT2D eigenvalue weighted by Gasteiger charge is -2.14. The molecule has 0 saturated heterocycles. The van der Waals surface area contributed by atoms with Crippen LogP contribution in [-0.2, 0) is 11.0 Å². The van der Waals surface area contributed by atoms with Crippen molar-refractivity contribution in [1.82, 2.24) is 5.32 Å². The third-order valence-electron chi connectivity index (χ3n) is 2.22. The van der Waals surface area contributed by atoms with Gasteiger partial charge in [0.1, 0.15) is 0 Å². The third kappa shape index (κ3) is 4.43. The minimum atomic E-state index is -4.63. The zero-order valence-corrected chi connectivity index (χ0v) is 9.94.